The summed E-state index contributed by atoms with van der Waals surface area (Å²) >= 11 is 3.59. The third kappa shape index (κ3) is 2.83. The first-order valence-electron chi connectivity index (χ1n) is 5.05. The molecule has 0 bridgehead atoms. The van der Waals surface area contributed by atoms with Crippen molar-refractivity contribution in [1.29, 1.82) is 0 Å². The molecule has 0 radical (unpaired) electrons. The lowest BCUT2D eigenvalue weighted by molar-refractivity contribution is 1.19. The molecule has 1 N–H and O–H groups in total. The van der Waals surface area contributed by atoms with Crippen molar-refractivity contribution < 1.29 is 0 Å². The molecule has 0 saturated carbocycles. The van der Waals surface area contributed by atoms with Crippen LogP contribution in [-0.4, -0.2) is 16.2 Å². The highest BCUT2D eigenvalue weighted by atomic mass is 32.2. The first kappa shape index (κ1) is 11.6. The molecule has 0 saturated heterocycles. The van der Waals surface area contributed by atoms with Gasteiger partial charge in [-0.15, -0.1) is 23.5 Å². The number of aromatic amines is 1. The number of benzene rings is 1. The molecule has 0 fully saturated rings. The molecule has 1 aromatic heterocycles. The lowest BCUT2D eigenvalue weighted by atomic mass is 10.4. The average molecular weight is 250 g/mol. The van der Waals surface area contributed by atoms with Crippen molar-refractivity contribution in [2.24, 2.45) is 0 Å². The van der Waals surface area contributed by atoms with Gasteiger partial charge in [-0.25, -0.2) is 4.98 Å². The molecule has 4 heteroatoms. The molecule has 2 rings (SSSR count). The van der Waals surface area contributed by atoms with E-state index >= 15 is 0 Å². The monoisotopic (exact) mass is 250 g/mol. The molecule has 0 atom stereocenters. The Bertz CT molecular complexity index is 448. The molecule has 16 heavy (non-hydrogen) atoms. The second kappa shape index (κ2) is 5.46. The smallest absolute Gasteiger partial charge is 0.0925 e. The summed E-state index contributed by atoms with van der Waals surface area (Å²) in [4.78, 5) is 9.98. The van der Waals surface area contributed by atoms with E-state index in [1.807, 2.05) is 11.8 Å². The predicted octanol–water partition coefficient (Wildman–Crippen LogP) is 3.73. The van der Waals surface area contributed by atoms with Crippen molar-refractivity contribution in [2.45, 2.75) is 22.5 Å². The van der Waals surface area contributed by atoms with E-state index in [0.29, 0.717) is 0 Å². The van der Waals surface area contributed by atoms with Crippen LogP contribution in [0.25, 0.3) is 0 Å². The molecule has 1 aromatic carbocycles. The van der Waals surface area contributed by atoms with Crippen LogP contribution >= 0.6 is 23.5 Å². The molecular formula is C12H14N2S2. The van der Waals surface area contributed by atoms with Crippen molar-refractivity contribution in [3.63, 3.8) is 0 Å². The maximum absolute atomic E-state index is 4.28. The van der Waals surface area contributed by atoms with Crippen LogP contribution < -0.4 is 0 Å². The van der Waals surface area contributed by atoms with Gasteiger partial charge >= 0.3 is 0 Å². The Hall–Kier alpha value is -0.870. The molecule has 0 spiro atoms. The number of aromatic nitrogens is 2. The number of thioether (sulfide) groups is 2. The molecular weight excluding hydrogens is 236 g/mol. The fourth-order valence-corrected chi connectivity index (χ4v) is 2.69. The van der Waals surface area contributed by atoms with Gasteiger partial charge in [0.15, 0.2) is 0 Å². The van der Waals surface area contributed by atoms with Gasteiger partial charge in [0.2, 0.25) is 0 Å². The summed E-state index contributed by atoms with van der Waals surface area (Å²) in [5.41, 5.74) is 2.30. The Balaban J connectivity index is 1.97. The van der Waals surface area contributed by atoms with Gasteiger partial charge in [-0.1, -0.05) is 0 Å². The van der Waals surface area contributed by atoms with Crippen molar-refractivity contribution in [3.8, 4) is 0 Å². The van der Waals surface area contributed by atoms with Crippen LogP contribution in [0, 0.1) is 6.92 Å². The minimum Gasteiger partial charge on any atom is -0.348 e. The average Bonchev–Trinajstić information content (AvgIpc) is 2.73. The molecule has 0 amide bonds. The Morgan fingerprint density at radius 2 is 1.88 bits per heavy atom. The third-order valence-electron chi connectivity index (χ3n) is 2.37. The normalized spacial score (nSPS) is 10.6. The van der Waals surface area contributed by atoms with Gasteiger partial charge in [0.05, 0.1) is 12.0 Å². The van der Waals surface area contributed by atoms with Crippen molar-refractivity contribution >= 4 is 23.5 Å². The third-order valence-corrected chi connectivity index (χ3v) is 4.14. The Kier molecular flexibility index (Phi) is 3.96. The van der Waals surface area contributed by atoms with E-state index in [1.54, 1.807) is 18.1 Å². The highest BCUT2D eigenvalue weighted by Gasteiger charge is 2.01. The van der Waals surface area contributed by atoms with Gasteiger partial charge in [0.25, 0.3) is 0 Å². The Labute approximate surface area is 104 Å². The zero-order valence-electron chi connectivity index (χ0n) is 9.36. The van der Waals surface area contributed by atoms with Crippen molar-refractivity contribution in [1.82, 2.24) is 9.97 Å². The van der Waals surface area contributed by atoms with E-state index in [1.165, 1.54) is 9.79 Å². The summed E-state index contributed by atoms with van der Waals surface area (Å²) in [6.07, 6.45) is 3.84. The minimum atomic E-state index is 0.925. The molecule has 84 valence electrons. The van der Waals surface area contributed by atoms with E-state index in [9.17, 15) is 0 Å². The molecule has 0 aliphatic rings. The number of H-pyrrole nitrogens is 1. The number of imidazole rings is 1. The van der Waals surface area contributed by atoms with Gasteiger partial charge < -0.3 is 4.98 Å². The van der Waals surface area contributed by atoms with Crippen molar-refractivity contribution in [3.05, 3.63) is 42.0 Å². The van der Waals surface area contributed by atoms with Crippen LogP contribution in [0.2, 0.25) is 0 Å². The SMILES string of the molecule is CSc1ccc(SCc2nc[nH]c2C)cc1. The molecule has 0 aliphatic carbocycles. The van der Waals surface area contributed by atoms with Gasteiger partial charge in [0, 0.05) is 21.2 Å². The van der Waals surface area contributed by atoms with Crippen molar-refractivity contribution in [2.75, 3.05) is 6.26 Å². The number of hydrogen-bond acceptors (Lipinski definition) is 3. The summed E-state index contributed by atoms with van der Waals surface area (Å²) in [6.45, 7) is 2.06. The standard InChI is InChI=1S/C12H14N2S2/c1-9-12(14-8-13-9)7-16-11-5-3-10(15-2)4-6-11/h3-6,8H,7H2,1-2H3,(H,13,14). The number of nitrogens with one attached hydrogen (secondary N) is 1. The largest absolute Gasteiger partial charge is 0.348 e. The van der Waals surface area contributed by atoms with Crippen LogP contribution in [0.4, 0.5) is 0 Å². The van der Waals surface area contributed by atoms with Crippen LogP contribution in [0.15, 0.2) is 40.4 Å². The van der Waals surface area contributed by atoms with E-state index < -0.39 is 0 Å². The fourth-order valence-electron chi connectivity index (χ4n) is 1.36. The number of hydrogen-bond donors (Lipinski definition) is 1. The number of aryl methyl sites for hydroxylation is 1. The van der Waals surface area contributed by atoms with Gasteiger partial charge in [-0.3, -0.25) is 0 Å². The second-order valence-electron chi connectivity index (χ2n) is 3.44. The Morgan fingerprint density at radius 3 is 2.44 bits per heavy atom. The summed E-state index contributed by atoms with van der Waals surface area (Å²) in [6, 6.07) is 8.64. The van der Waals surface area contributed by atoms with Crippen LogP contribution in [0.3, 0.4) is 0 Å². The molecule has 2 aromatic rings. The Morgan fingerprint density at radius 1 is 1.19 bits per heavy atom. The fraction of sp³-hybridized carbons (Fsp3) is 0.250. The maximum Gasteiger partial charge on any atom is 0.0925 e. The predicted molar refractivity (Wildman–Crippen MR) is 71.1 cm³/mol. The quantitative estimate of drug-likeness (QED) is 0.838. The summed E-state index contributed by atoms with van der Waals surface area (Å²) in [7, 11) is 0. The number of rotatable bonds is 4. The summed E-state index contributed by atoms with van der Waals surface area (Å²) < 4.78 is 0. The lowest BCUT2D eigenvalue weighted by Gasteiger charge is -2.01. The number of nitrogens with zero attached hydrogens (tertiary/aromatic N) is 1. The van der Waals surface area contributed by atoms with E-state index in [4.69, 9.17) is 0 Å². The molecule has 0 unspecified atom stereocenters. The molecule has 2 nitrogen and oxygen atoms in total. The molecule has 0 aliphatic heterocycles. The first-order chi connectivity index (χ1) is 7.79. The van der Waals surface area contributed by atoms with Gasteiger partial charge in [-0.05, 0) is 37.4 Å². The van der Waals surface area contributed by atoms with E-state index in [2.05, 4.69) is 47.4 Å². The summed E-state index contributed by atoms with van der Waals surface area (Å²) in [5, 5.41) is 0. The van der Waals surface area contributed by atoms with Gasteiger partial charge in [-0.2, -0.15) is 0 Å². The van der Waals surface area contributed by atoms with Crippen LogP contribution in [0.5, 0.6) is 0 Å². The van der Waals surface area contributed by atoms with Gasteiger partial charge in [0.1, 0.15) is 0 Å². The van der Waals surface area contributed by atoms with Crippen LogP contribution in [0.1, 0.15) is 11.4 Å². The lowest BCUT2D eigenvalue weighted by Crippen LogP contribution is -1.84. The second-order valence-corrected chi connectivity index (χ2v) is 5.37. The molecule has 1 heterocycles. The summed E-state index contributed by atoms with van der Waals surface area (Å²) in [5.74, 6) is 0.925. The topological polar surface area (TPSA) is 28.7 Å². The maximum atomic E-state index is 4.28. The minimum absolute atomic E-state index is 0.925. The highest BCUT2D eigenvalue weighted by Crippen LogP contribution is 2.25. The van der Waals surface area contributed by atoms with E-state index in [0.717, 1.165) is 17.1 Å². The van der Waals surface area contributed by atoms with E-state index in [-0.39, 0.29) is 0 Å². The zero-order chi connectivity index (χ0) is 11.4. The highest BCUT2D eigenvalue weighted by molar-refractivity contribution is 7.99. The van der Waals surface area contributed by atoms with Crippen LogP contribution in [-0.2, 0) is 5.75 Å². The first-order valence-corrected chi connectivity index (χ1v) is 7.26. The zero-order valence-corrected chi connectivity index (χ0v) is 11.0.